The molecule has 0 atom stereocenters. The number of nitrogens with zero attached hydrogens (tertiary/aromatic N) is 14. The van der Waals surface area contributed by atoms with Crippen LogP contribution in [-0.4, -0.2) is 218 Å². The number of carbonyl (C=O) groups excluding carboxylic acids is 4. The lowest BCUT2D eigenvalue weighted by molar-refractivity contribution is 0.0694. The first-order valence-corrected chi connectivity index (χ1v) is 47.8. The summed E-state index contributed by atoms with van der Waals surface area (Å²) in [6.45, 7) is 15.2. The number of nitrogens with two attached hydrogens (primary N) is 1. The van der Waals surface area contributed by atoms with E-state index in [2.05, 4.69) is 125 Å². The number of hydrogen-bond acceptors (Lipinski definition) is 30. The highest BCUT2D eigenvalue weighted by Gasteiger charge is 2.28. The predicted octanol–water partition coefficient (Wildman–Crippen LogP) is 13.3. The Labute approximate surface area is 842 Å². The van der Waals surface area contributed by atoms with Gasteiger partial charge < -0.3 is 99.0 Å². The van der Waals surface area contributed by atoms with E-state index in [0.717, 1.165) is 61.2 Å². The molecule has 0 spiro atoms. The monoisotopic (exact) mass is 2010 g/mol. The molecule has 19 aromatic rings. The molecule has 22 rings (SSSR count). The first-order valence-electron chi connectivity index (χ1n) is 47.8. The topological polar surface area (TPSA) is 649 Å². The Bertz CT molecular complexity index is 8440. The van der Waals surface area contributed by atoms with Gasteiger partial charge in [0.2, 0.25) is 5.91 Å². The molecule has 1 aliphatic carbocycles. The predicted molar refractivity (Wildman–Crippen MR) is 552 cm³/mol. The molecule has 2 amide bonds. The molecule has 45 nitrogen and oxygen atoms in total. The maximum absolute atomic E-state index is 12.7. The zero-order valence-electron chi connectivity index (χ0n) is 81.2. The van der Waals surface area contributed by atoms with Gasteiger partial charge in [0, 0.05) is 72.6 Å². The van der Waals surface area contributed by atoms with Crippen molar-refractivity contribution in [2.24, 2.45) is 16.6 Å². The third-order valence-corrected chi connectivity index (χ3v) is 24.0. The molecule has 0 unspecified atom stereocenters. The minimum Gasteiger partial charge on any atom is -0.493 e. The van der Waals surface area contributed by atoms with Crippen molar-refractivity contribution >= 4 is 97.2 Å². The molecular weight excluding hydrogens is 1920 g/mol. The highest BCUT2D eigenvalue weighted by atomic mass is 16.5. The Morgan fingerprint density at radius 2 is 0.738 bits per heavy atom. The molecule has 2 aliphatic heterocycles. The number of ketones is 2. The Balaban J connectivity index is 0.000000122. The highest BCUT2D eigenvalue weighted by molar-refractivity contribution is 6.00. The summed E-state index contributed by atoms with van der Waals surface area (Å²) in [6.07, 6.45) is 18.7. The molecular formula is C104H99N27O18. The van der Waals surface area contributed by atoms with Crippen molar-refractivity contribution in [1.82, 2.24) is 125 Å². The Morgan fingerprint density at radius 1 is 0.389 bits per heavy atom. The number of primary amides is 1. The number of benzene rings is 7. The van der Waals surface area contributed by atoms with Crippen LogP contribution in [0.4, 0.5) is 5.82 Å². The minimum absolute atomic E-state index is 0.000732. The third kappa shape index (κ3) is 23.3. The third-order valence-electron chi connectivity index (χ3n) is 24.0. The van der Waals surface area contributed by atoms with Crippen molar-refractivity contribution < 1.29 is 57.5 Å². The SMILES string of the molecule is CCOc1cc(-c2ccn[nH]2)ccc1-c1nc2c(c(=O)[nH]1)CC=N2.CCOc1cc(C(=O)CC2CCCC2)ccc1-c1nc2nc[nH]c2c(=O)[nH]1.CCOc1cc(C(=O)Cc2ccccc2)ccc1-c1nc2nc[nH]c2c(=O)[nH]1.CCOc1cc(C(=O)N2CCCC2)ccc1-c1nc2nc[nH]c2c(=O)[nH]1.CCOc1cc(C(=O)O)ccc1-c1nc2nc[nH]c2c(=O)[nH]1.CCOc1cc(C(N)=O)ccc1-c1nc2nc[nH]c2c(=O)[nH]1. The van der Waals surface area contributed by atoms with Crippen molar-refractivity contribution in [1.29, 1.82) is 0 Å². The molecule has 14 heterocycles. The van der Waals surface area contributed by atoms with E-state index >= 15 is 0 Å². The van der Waals surface area contributed by atoms with Crippen LogP contribution in [0.5, 0.6) is 34.5 Å². The van der Waals surface area contributed by atoms with E-state index in [-0.39, 0.29) is 73.4 Å². The fourth-order valence-corrected chi connectivity index (χ4v) is 16.9. The number of imidazole rings is 5. The number of H-pyrrole nitrogens is 12. The van der Waals surface area contributed by atoms with Gasteiger partial charge in [-0.25, -0.2) is 64.6 Å². The number of ether oxygens (including phenoxy) is 6. The van der Waals surface area contributed by atoms with Crippen LogP contribution in [0, 0.1) is 5.92 Å². The number of aromatic carboxylic acids is 1. The molecule has 1 saturated carbocycles. The van der Waals surface area contributed by atoms with Crippen molar-refractivity contribution in [2.75, 3.05) is 52.7 Å². The Morgan fingerprint density at radius 3 is 1.13 bits per heavy atom. The van der Waals surface area contributed by atoms with Crippen LogP contribution in [0.2, 0.25) is 0 Å². The number of aromatic amines is 12. The number of carbonyl (C=O) groups is 5. The number of aliphatic imine (C=N–C) groups is 1. The maximum Gasteiger partial charge on any atom is 0.335 e. The van der Waals surface area contributed by atoms with Gasteiger partial charge in [-0.05, 0) is 163 Å². The van der Waals surface area contributed by atoms with Gasteiger partial charge in [0.25, 0.3) is 39.3 Å². The van der Waals surface area contributed by atoms with E-state index in [0.29, 0.717) is 235 Å². The van der Waals surface area contributed by atoms with Crippen LogP contribution >= 0.6 is 0 Å². The summed E-state index contributed by atoms with van der Waals surface area (Å²) in [4.78, 5) is 215. The fraction of sp³-hybridized carbons (Fsp3) is 0.231. The van der Waals surface area contributed by atoms with Crippen molar-refractivity contribution in [3.63, 3.8) is 0 Å². The van der Waals surface area contributed by atoms with Crippen LogP contribution in [0.3, 0.4) is 0 Å². The average Bonchev–Trinajstić information content (AvgIpc) is 1.76. The molecule has 15 N–H and O–H groups in total. The number of fused-ring (bicyclic) bond motifs is 6. The van der Waals surface area contributed by atoms with E-state index in [1.807, 2.05) is 94.1 Å². The minimum atomic E-state index is -1.06. The summed E-state index contributed by atoms with van der Waals surface area (Å²) in [7, 11) is 0. The number of rotatable bonds is 28. The lowest BCUT2D eigenvalue weighted by Gasteiger charge is -2.17. The molecule has 1 saturated heterocycles. The van der Waals surface area contributed by atoms with Crippen molar-refractivity contribution in [3.05, 3.63) is 284 Å². The summed E-state index contributed by atoms with van der Waals surface area (Å²) < 4.78 is 33.9. The van der Waals surface area contributed by atoms with Gasteiger partial charge in [-0.2, -0.15) is 5.10 Å². The average molecular weight is 2020 g/mol. The second-order valence-corrected chi connectivity index (χ2v) is 33.7. The van der Waals surface area contributed by atoms with Gasteiger partial charge >= 0.3 is 5.97 Å². The van der Waals surface area contributed by atoms with E-state index in [4.69, 9.17) is 39.3 Å². The molecule has 149 heavy (non-hydrogen) atoms. The standard InChI is InChI=1S/C21H18N4O3.C20H22N4O3.C18H19N5O3.C17H15N5O2.C14H13N5O3.C14H12N4O4/c1-2-28-17-11-14(16(26)10-13-6-4-3-5-7-13)8-9-15(17)19-24-20-18(21(27)25-19)22-12-23-20;1-2-27-16-10-13(15(25)9-12-5-3-4-6-12)7-8-14(16)18-23-19-17(20(26)24-18)21-11-22-19;1-2-26-13-9-11(18(25)23-7-3-4-8-23)5-6-12(13)15-21-16-14(17(24)22-15)19-10-20-16;1-2-24-14-9-10(13-6-8-19-22-13)3-4-11(14)16-20-15-12(5-7-18-15)17(23)21-16;1-2-22-9-5-7(11(15)20)3-4-8(9)12-18-13-10(14(21)19-12)16-6-17-13;1-2-22-9-5-7(14(20)21)3-4-8(9)11-17-12-10(13(19)18-11)15-6-16-12/h3-9,11-12H,2,10H2,1H3,(H2,22,23,24,25,27);7-8,10-12H,2-6,9H2,1H3,(H2,21,22,23,24,26);5-6,9-10H,2-4,7-8H2,1H3,(H2,19,20,21,22,24);3-4,6-9H,2,5H2,1H3,(H,19,22)(H,20,21,23);3-6H,2H2,1H3,(H2,15,20)(H2,16,17,18,19,21);3-6H,2H2,1H3,(H,20,21)(H2,15,16,17,18,19). The van der Waals surface area contributed by atoms with Gasteiger partial charge in [-0.15, -0.1) is 0 Å². The van der Waals surface area contributed by atoms with Gasteiger partial charge in [-0.1, -0.05) is 74.2 Å². The molecule has 7 aromatic carbocycles. The first-order chi connectivity index (χ1) is 72.4. The molecule has 12 aromatic heterocycles. The van der Waals surface area contributed by atoms with Crippen molar-refractivity contribution in [2.45, 2.75) is 99.3 Å². The molecule has 3 aliphatic rings. The van der Waals surface area contributed by atoms with Crippen LogP contribution in [0.25, 0.3) is 135 Å². The zero-order valence-corrected chi connectivity index (χ0v) is 81.2. The van der Waals surface area contributed by atoms with E-state index < -0.39 is 11.9 Å². The second-order valence-electron chi connectivity index (χ2n) is 33.7. The summed E-state index contributed by atoms with van der Waals surface area (Å²) >= 11 is 0. The summed E-state index contributed by atoms with van der Waals surface area (Å²) in [5, 5.41) is 15.9. The molecule has 758 valence electrons. The van der Waals surface area contributed by atoms with Gasteiger partial charge in [-0.3, -0.25) is 53.0 Å². The van der Waals surface area contributed by atoms with E-state index in [1.165, 1.54) is 62.7 Å². The smallest absolute Gasteiger partial charge is 0.335 e. The Hall–Kier alpha value is -19.4. The fourth-order valence-electron chi connectivity index (χ4n) is 16.9. The molecule has 0 radical (unpaired) electrons. The number of carboxylic acid groups (broad SMARTS) is 1. The zero-order chi connectivity index (χ0) is 104. The number of likely N-dealkylation sites (tertiary alicyclic amines) is 1. The first kappa shape index (κ1) is 101. The number of nitrogens with one attached hydrogen (secondary N) is 12. The molecule has 0 bridgehead atoms. The maximum atomic E-state index is 12.7. The van der Waals surface area contributed by atoms with E-state index in [9.17, 15) is 52.7 Å². The summed E-state index contributed by atoms with van der Waals surface area (Å²) in [6, 6.07) is 41.9. The number of Topliss-reactive ketones (excluding diaryl/α,β-unsaturated/α-hetero) is 2. The van der Waals surface area contributed by atoms with Crippen LogP contribution in [0.1, 0.15) is 149 Å². The van der Waals surface area contributed by atoms with E-state index in [1.54, 1.807) is 92.1 Å². The lowest BCUT2D eigenvalue weighted by Crippen LogP contribution is -2.27. The Kier molecular flexibility index (Phi) is 31.4. The number of aromatic nitrogens is 24. The van der Waals surface area contributed by atoms with Crippen LogP contribution in [-0.2, 0) is 12.8 Å². The largest absolute Gasteiger partial charge is 0.493 e. The quantitative estimate of drug-likeness (QED) is 0.0203. The second kappa shape index (κ2) is 46.3. The van der Waals surface area contributed by atoms with Crippen molar-refractivity contribution in [3.8, 4) is 114 Å². The number of amides is 2. The highest BCUT2D eigenvalue weighted by Crippen LogP contribution is 2.39. The summed E-state index contributed by atoms with van der Waals surface area (Å²) in [5.74, 6) is 4.52. The normalized spacial score (nSPS) is 12.3. The summed E-state index contributed by atoms with van der Waals surface area (Å²) in [5.41, 5.74) is 15.8. The number of carboxylic acids is 1. The molecule has 2 fully saturated rings. The van der Waals surface area contributed by atoms with Gasteiger partial charge in [0.05, 0.1) is 121 Å². The van der Waals surface area contributed by atoms with Gasteiger partial charge in [0.15, 0.2) is 73.2 Å². The molecule has 45 heteroatoms. The lowest BCUT2D eigenvalue weighted by atomic mass is 9.96. The van der Waals surface area contributed by atoms with Crippen LogP contribution < -0.4 is 67.5 Å². The number of hydrogen-bond donors (Lipinski definition) is 14. The van der Waals surface area contributed by atoms with Gasteiger partial charge in [0.1, 0.15) is 69.4 Å². The van der Waals surface area contributed by atoms with Crippen LogP contribution in [0.15, 0.2) is 217 Å².